The number of hydrogen-bond acceptors (Lipinski definition) is 1. The summed E-state index contributed by atoms with van der Waals surface area (Å²) in [4.78, 5) is 0. The summed E-state index contributed by atoms with van der Waals surface area (Å²) in [5, 5.41) is 0. The zero-order chi connectivity index (χ0) is 13.3. The van der Waals surface area contributed by atoms with E-state index >= 15 is 0 Å². The first kappa shape index (κ1) is 13.3. The Morgan fingerprint density at radius 2 is 1.56 bits per heavy atom. The molecule has 94 valence electrons. The molecule has 0 aliphatic rings. The molecule has 1 nitrogen and oxygen atoms in total. The molecule has 0 aliphatic carbocycles. The highest BCUT2D eigenvalue weighted by Crippen LogP contribution is 2.27. The van der Waals surface area contributed by atoms with Gasteiger partial charge in [0.2, 0.25) is 0 Å². The first-order valence-corrected chi connectivity index (χ1v) is 6.87. The van der Waals surface area contributed by atoms with E-state index in [1.807, 2.05) is 0 Å². The average molecular weight is 304 g/mol. The van der Waals surface area contributed by atoms with Crippen LogP contribution in [-0.2, 0) is 0 Å². The second kappa shape index (κ2) is 5.25. The van der Waals surface area contributed by atoms with Gasteiger partial charge >= 0.3 is 0 Å². The minimum atomic E-state index is -0.0598. The third-order valence-electron chi connectivity index (χ3n) is 3.22. The highest BCUT2D eigenvalue weighted by molar-refractivity contribution is 9.10. The van der Waals surface area contributed by atoms with Crippen LogP contribution in [0.4, 0.5) is 0 Å². The smallest absolute Gasteiger partial charge is 0.0551 e. The normalized spacial score (nSPS) is 12.5. The van der Waals surface area contributed by atoms with Crippen LogP contribution in [0.2, 0.25) is 0 Å². The maximum atomic E-state index is 6.36. The van der Waals surface area contributed by atoms with Crippen LogP contribution in [0.1, 0.15) is 33.9 Å². The molecule has 2 aromatic carbocycles. The Balaban J connectivity index is 2.43. The molecule has 0 bridgehead atoms. The number of benzene rings is 2. The molecule has 18 heavy (non-hydrogen) atoms. The van der Waals surface area contributed by atoms with Crippen LogP contribution in [0.25, 0.3) is 0 Å². The highest BCUT2D eigenvalue weighted by atomic mass is 79.9. The molecule has 1 unspecified atom stereocenters. The lowest BCUT2D eigenvalue weighted by Gasteiger charge is -2.16. The summed E-state index contributed by atoms with van der Waals surface area (Å²) in [6, 6.07) is 12.6. The SMILES string of the molecule is Cc1cccc(C(N)c2cc(C)c(Br)c(C)c2)c1. The van der Waals surface area contributed by atoms with E-state index in [1.165, 1.54) is 26.7 Å². The summed E-state index contributed by atoms with van der Waals surface area (Å²) in [6.45, 7) is 6.29. The number of nitrogens with two attached hydrogens (primary N) is 1. The Kier molecular flexibility index (Phi) is 3.88. The van der Waals surface area contributed by atoms with Crippen molar-refractivity contribution in [1.29, 1.82) is 0 Å². The number of aryl methyl sites for hydroxylation is 3. The third kappa shape index (κ3) is 2.65. The van der Waals surface area contributed by atoms with Gasteiger partial charge in [-0.25, -0.2) is 0 Å². The molecule has 0 fully saturated rings. The van der Waals surface area contributed by atoms with Gasteiger partial charge < -0.3 is 5.73 Å². The van der Waals surface area contributed by atoms with Crippen LogP contribution in [0.5, 0.6) is 0 Å². The standard InChI is InChI=1S/C16H18BrN/c1-10-5-4-6-13(7-10)16(18)14-8-11(2)15(17)12(3)9-14/h4-9,16H,18H2,1-3H3. The molecular weight excluding hydrogens is 286 g/mol. The lowest BCUT2D eigenvalue weighted by molar-refractivity contribution is 0.865. The summed E-state index contributed by atoms with van der Waals surface area (Å²) < 4.78 is 1.17. The Hall–Kier alpha value is -1.12. The van der Waals surface area contributed by atoms with Crippen molar-refractivity contribution in [3.05, 3.63) is 68.7 Å². The van der Waals surface area contributed by atoms with Crippen molar-refractivity contribution in [3.63, 3.8) is 0 Å². The van der Waals surface area contributed by atoms with Crippen molar-refractivity contribution in [2.75, 3.05) is 0 Å². The van der Waals surface area contributed by atoms with Crippen molar-refractivity contribution in [3.8, 4) is 0 Å². The van der Waals surface area contributed by atoms with Crippen molar-refractivity contribution in [2.24, 2.45) is 5.73 Å². The molecule has 0 saturated heterocycles. The monoisotopic (exact) mass is 303 g/mol. The van der Waals surface area contributed by atoms with Gasteiger partial charge in [0.25, 0.3) is 0 Å². The van der Waals surface area contributed by atoms with E-state index in [4.69, 9.17) is 5.73 Å². The molecule has 2 aromatic rings. The fourth-order valence-corrected chi connectivity index (χ4v) is 2.44. The summed E-state index contributed by atoms with van der Waals surface area (Å²) in [5.74, 6) is 0. The molecule has 0 heterocycles. The van der Waals surface area contributed by atoms with Gasteiger partial charge in [-0.3, -0.25) is 0 Å². The Morgan fingerprint density at radius 3 is 2.11 bits per heavy atom. The topological polar surface area (TPSA) is 26.0 Å². The van der Waals surface area contributed by atoms with Gasteiger partial charge in [-0.1, -0.05) is 57.9 Å². The molecule has 0 spiro atoms. The maximum absolute atomic E-state index is 6.36. The number of halogens is 1. The van der Waals surface area contributed by atoms with Crippen LogP contribution in [0.3, 0.4) is 0 Å². The van der Waals surface area contributed by atoms with Crippen molar-refractivity contribution in [1.82, 2.24) is 0 Å². The molecule has 0 aliphatic heterocycles. The van der Waals surface area contributed by atoms with Crippen molar-refractivity contribution < 1.29 is 0 Å². The number of rotatable bonds is 2. The number of hydrogen-bond donors (Lipinski definition) is 1. The van der Waals surface area contributed by atoms with Crippen molar-refractivity contribution >= 4 is 15.9 Å². The molecule has 2 N–H and O–H groups in total. The summed E-state index contributed by atoms with van der Waals surface area (Å²) in [7, 11) is 0. The Bertz CT molecular complexity index is 552. The van der Waals surface area contributed by atoms with E-state index in [2.05, 4.69) is 73.1 Å². The van der Waals surface area contributed by atoms with Crippen LogP contribution >= 0.6 is 15.9 Å². The second-order valence-corrected chi connectivity index (χ2v) is 5.65. The zero-order valence-corrected chi connectivity index (χ0v) is 12.6. The van der Waals surface area contributed by atoms with Gasteiger partial charge in [0.15, 0.2) is 0 Å². The molecule has 0 aromatic heterocycles. The summed E-state index contributed by atoms with van der Waals surface area (Å²) in [6.07, 6.45) is 0. The molecule has 0 radical (unpaired) electrons. The van der Waals surface area contributed by atoms with Crippen LogP contribution in [0, 0.1) is 20.8 Å². The van der Waals surface area contributed by atoms with E-state index in [0.717, 1.165) is 5.56 Å². The fourth-order valence-electron chi connectivity index (χ4n) is 2.21. The molecular formula is C16H18BrN. The first-order valence-electron chi connectivity index (χ1n) is 6.08. The van der Waals surface area contributed by atoms with E-state index in [1.54, 1.807) is 0 Å². The predicted octanol–water partition coefficient (Wildman–Crippen LogP) is 4.42. The van der Waals surface area contributed by atoms with Gasteiger partial charge in [-0.15, -0.1) is 0 Å². The largest absolute Gasteiger partial charge is 0.320 e. The van der Waals surface area contributed by atoms with Crippen molar-refractivity contribution in [2.45, 2.75) is 26.8 Å². The lowest BCUT2D eigenvalue weighted by atomic mass is 9.95. The third-order valence-corrected chi connectivity index (χ3v) is 4.47. The predicted molar refractivity (Wildman–Crippen MR) is 80.8 cm³/mol. The average Bonchev–Trinajstić information content (AvgIpc) is 2.34. The van der Waals surface area contributed by atoms with Gasteiger partial charge in [0.1, 0.15) is 0 Å². The maximum Gasteiger partial charge on any atom is 0.0551 e. The van der Waals surface area contributed by atoms with Crippen LogP contribution in [0.15, 0.2) is 40.9 Å². The van der Waals surface area contributed by atoms with E-state index < -0.39 is 0 Å². The van der Waals surface area contributed by atoms with E-state index in [-0.39, 0.29) is 6.04 Å². The Labute approximate surface area is 117 Å². The van der Waals surface area contributed by atoms with Gasteiger partial charge in [0.05, 0.1) is 6.04 Å². The zero-order valence-electron chi connectivity index (χ0n) is 11.0. The lowest BCUT2D eigenvalue weighted by Crippen LogP contribution is -2.12. The first-order chi connectivity index (χ1) is 8.49. The van der Waals surface area contributed by atoms with Gasteiger partial charge in [-0.2, -0.15) is 0 Å². The molecule has 2 heteroatoms. The molecule has 0 saturated carbocycles. The van der Waals surface area contributed by atoms with Gasteiger partial charge in [0, 0.05) is 4.47 Å². The van der Waals surface area contributed by atoms with E-state index in [9.17, 15) is 0 Å². The fraction of sp³-hybridized carbons (Fsp3) is 0.250. The molecule has 0 amide bonds. The minimum Gasteiger partial charge on any atom is -0.320 e. The Morgan fingerprint density at radius 1 is 0.944 bits per heavy atom. The summed E-state index contributed by atoms with van der Waals surface area (Å²) in [5.41, 5.74) is 12.4. The highest BCUT2D eigenvalue weighted by Gasteiger charge is 2.11. The second-order valence-electron chi connectivity index (χ2n) is 4.86. The van der Waals surface area contributed by atoms with Crippen LogP contribution in [-0.4, -0.2) is 0 Å². The molecule has 2 rings (SSSR count). The van der Waals surface area contributed by atoms with Gasteiger partial charge in [-0.05, 0) is 43.0 Å². The van der Waals surface area contributed by atoms with Crippen LogP contribution < -0.4 is 5.73 Å². The minimum absolute atomic E-state index is 0.0598. The summed E-state index contributed by atoms with van der Waals surface area (Å²) >= 11 is 3.59. The van der Waals surface area contributed by atoms with E-state index in [0.29, 0.717) is 0 Å². The quantitative estimate of drug-likeness (QED) is 0.873. The molecule has 1 atom stereocenters.